The lowest BCUT2D eigenvalue weighted by Crippen LogP contribution is -1.98. The van der Waals surface area contributed by atoms with Crippen LogP contribution in [0.5, 0.6) is 11.5 Å². The summed E-state index contributed by atoms with van der Waals surface area (Å²) in [5.74, 6) is 2.26. The van der Waals surface area contributed by atoms with Gasteiger partial charge in [0, 0.05) is 33.7 Å². The van der Waals surface area contributed by atoms with Crippen molar-refractivity contribution >= 4 is 37.9 Å². The molecule has 0 atom stereocenters. The Balaban J connectivity index is 1.67. The molecule has 0 aliphatic heterocycles. The van der Waals surface area contributed by atoms with Gasteiger partial charge < -0.3 is 4.74 Å². The second-order valence-corrected chi connectivity index (χ2v) is 7.05. The molecule has 0 amide bonds. The van der Waals surface area contributed by atoms with E-state index in [0.717, 1.165) is 43.7 Å². The molecule has 3 aromatic heterocycles. The molecule has 5 rings (SSSR count). The van der Waals surface area contributed by atoms with Crippen molar-refractivity contribution in [1.29, 1.82) is 0 Å². The van der Waals surface area contributed by atoms with Gasteiger partial charge in [0.1, 0.15) is 23.0 Å². The Morgan fingerprint density at radius 1 is 0.741 bits per heavy atom. The fourth-order valence-electron chi connectivity index (χ4n) is 3.28. The molecule has 0 fully saturated rings. The molecule has 0 N–H and O–H groups in total. The molecule has 0 unspecified atom stereocenters. The zero-order valence-electron chi connectivity index (χ0n) is 14.2. The average molecular weight is 416 g/mol. The van der Waals surface area contributed by atoms with Crippen molar-refractivity contribution in [3.05, 3.63) is 89.7 Å². The standard InChI is InChI=1S/C22H14BrN3O/c23-15-5-3-6-16(13-15)27-17-10-12-24-21(14-17)26-20-9-2-1-7-18(20)19-8-4-11-25-22(19)26/h1-14H. The first kappa shape index (κ1) is 16.0. The van der Waals surface area contributed by atoms with Crippen LogP contribution in [-0.4, -0.2) is 14.5 Å². The van der Waals surface area contributed by atoms with Crippen LogP contribution in [0.1, 0.15) is 0 Å². The number of pyridine rings is 2. The first-order chi connectivity index (χ1) is 13.3. The van der Waals surface area contributed by atoms with Crippen LogP contribution in [0.3, 0.4) is 0 Å². The van der Waals surface area contributed by atoms with Crippen LogP contribution in [0.15, 0.2) is 89.7 Å². The lowest BCUT2D eigenvalue weighted by Gasteiger charge is -2.09. The van der Waals surface area contributed by atoms with Crippen LogP contribution in [0.25, 0.3) is 27.8 Å². The smallest absolute Gasteiger partial charge is 0.146 e. The van der Waals surface area contributed by atoms with Crippen LogP contribution in [0.2, 0.25) is 0 Å². The van der Waals surface area contributed by atoms with Gasteiger partial charge in [0.05, 0.1) is 5.52 Å². The summed E-state index contributed by atoms with van der Waals surface area (Å²) in [5.41, 5.74) is 1.95. The molecule has 0 aliphatic carbocycles. The number of ether oxygens (including phenoxy) is 1. The molecule has 2 aromatic carbocycles. The van der Waals surface area contributed by atoms with E-state index in [1.807, 2.05) is 54.6 Å². The minimum Gasteiger partial charge on any atom is -0.457 e. The van der Waals surface area contributed by atoms with Gasteiger partial charge in [0.25, 0.3) is 0 Å². The monoisotopic (exact) mass is 415 g/mol. The molecular formula is C22H14BrN3O. The van der Waals surface area contributed by atoms with Gasteiger partial charge in [-0.25, -0.2) is 9.97 Å². The van der Waals surface area contributed by atoms with Gasteiger partial charge in [0.15, 0.2) is 0 Å². The van der Waals surface area contributed by atoms with Crippen molar-refractivity contribution < 1.29 is 4.74 Å². The number of benzene rings is 2. The summed E-state index contributed by atoms with van der Waals surface area (Å²) in [4.78, 5) is 9.17. The summed E-state index contributed by atoms with van der Waals surface area (Å²) in [6.07, 6.45) is 3.56. The van der Waals surface area contributed by atoms with Crippen molar-refractivity contribution in [2.24, 2.45) is 0 Å². The zero-order chi connectivity index (χ0) is 18.2. The number of nitrogens with zero attached hydrogens (tertiary/aromatic N) is 3. The van der Waals surface area contributed by atoms with Crippen molar-refractivity contribution in [2.45, 2.75) is 0 Å². The van der Waals surface area contributed by atoms with Crippen LogP contribution in [0.4, 0.5) is 0 Å². The van der Waals surface area contributed by atoms with E-state index in [1.165, 1.54) is 0 Å². The number of rotatable bonds is 3. The van der Waals surface area contributed by atoms with E-state index in [0.29, 0.717) is 0 Å². The lowest BCUT2D eigenvalue weighted by molar-refractivity contribution is 0.481. The van der Waals surface area contributed by atoms with Crippen LogP contribution >= 0.6 is 15.9 Å². The summed E-state index contributed by atoms with van der Waals surface area (Å²) in [6, 6.07) is 23.9. The second kappa shape index (κ2) is 6.52. The van der Waals surface area contributed by atoms with Crippen LogP contribution in [0, 0.1) is 0 Å². The zero-order valence-corrected chi connectivity index (χ0v) is 15.8. The third-order valence-corrected chi connectivity index (χ3v) is 4.90. The Labute approximate surface area is 164 Å². The number of fused-ring (bicyclic) bond motifs is 3. The van der Waals surface area contributed by atoms with E-state index in [1.54, 1.807) is 12.4 Å². The van der Waals surface area contributed by atoms with Crippen molar-refractivity contribution in [1.82, 2.24) is 14.5 Å². The summed E-state index contributed by atoms with van der Waals surface area (Å²) in [7, 11) is 0. The quantitative estimate of drug-likeness (QED) is 0.355. The maximum Gasteiger partial charge on any atom is 0.146 e. The molecule has 5 heteroatoms. The summed E-state index contributed by atoms with van der Waals surface area (Å²) in [5, 5.41) is 2.26. The Morgan fingerprint density at radius 2 is 1.59 bits per heavy atom. The second-order valence-electron chi connectivity index (χ2n) is 6.14. The highest BCUT2D eigenvalue weighted by atomic mass is 79.9. The predicted molar refractivity (Wildman–Crippen MR) is 111 cm³/mol. The van der Waals surface area contributed by atoms with E-state index in [9.17, 15) is 0 Å². The van der Waals surface area contributed by atoms with Gasteiger partial charge in [-0.2, -0.15) is 0 Å². The minimum absolute atomic E-state index is 0.722. The molecule has 0 saturated carbocycles. The lowest BCUT2D eigenvalue weighted by atomic mass is 10.2. The van der Waals surface area contributed by atoms with Gasteiger partial charge in [-0.05, 0) is 42.5 Å². The number of hydrogen-bond donors (Lipinski definition) is 0. The molecule has 0 radical (unpaired) electrons. The highest BCUT2D eigenvalue weighted by Gasteiger charge is 2.13. The molecule has 130 valence electrons. The van der Waals surface area contributed by atoms with E-state index in [-0.39, 0.29) is 0 Å². The fourth-order valence-corrected chi connectivity index (χ4v) is 3.66. The van der Waals surface area contributed by atoms with Gasteiger partial charge >= 0.3 is 0 Å². The number of para-hydroxylation sites is 1. The molecule has 0 saturated heterocycles. The van der Waals surface area contributed by atoms with E-state index >= 15 is 0 Å². The minimum atomic E-state index is 0.722. The topological polar surface area (TPSA) is 39.9 Å². The Hall–Kier alpha value is -3.18. The van der Waals surface area contributed by atoms with Crippen molar-refractivity contribution in [3.8, 4) is 17.3 Å². The summed E-state index contributed by atoms with van der Waals surface area (Å²) in [6.45, 7) is 0. The number of hydrogen-bond acceptors (Lipinski definition) is 3. The third-order valence-electron chi connectivity index (χ3n) is 4.41. The summed E-state index contributed by atoms with van der Waals surface area (Å²) >= 11 is 3.47. The molecule has 27 heavy (non-hydrogen) atoms. The maximum atomic E-state index is 6.02. The average Bonchev–Trinajstić information content (AvgIpc) is 3.03. The van der Waals surface area contributed by atoms with E-state index in [4.69, 9.17) is 4.74 Å². The SMILES string of the molecule is Brc1cccc(Oc2ccnc(-n3c4ccccc4c4cccnc43)c2)c1. The molecule has 0 spiro atoms. The molecule has 0 aliphatic rings. The molecule has 5 aromatic rings. The normalized spacial score (nSPS) is 11.1. The van der Waals surface area contributed by atoms with Gasteiger partial charge in [0.2, 0.25) is 0 Å². The highest BCUT2D eigenvalue weighted by molar-refractivity contribution is 9.10. The molecule has 0 bridgehead atoms. The van der Waals surface area contributed by atoms with Gasteiger partial charge in [-0.1, -0.05) is 40.2 Å². The largest absolute Gasteiger partial charge is 0.457 e. The molecule has 4 nitrogen and oxygen atoms in total. The molecular weight excluding hydrogens is 402 g/mol. The van der Waals surface area contributed by atoms with Crippen LogP contribution in [-0.2, 0) is 0 Å². The first-order valence-corrected chi connectivity index (χ1v) is 9.33. The number of aromatic nitrogens is 3. The highest BCUT2D eigenvalue weighted by Crippen LogP contribution is 2.31. The predicted octanol–water partition coefficient (Wildman–Crippen LogP) is 6.13. The first-order valence-electron chi connectivity index (χ1n) is 8.54. The molecule has 3 heterocycles. The number of halogens is 1. The van der Waals surface area contributed by atoms with Crippen molar-refractivity contribution in [3.63, 3.8) is 0 Å². The Bertz CT molecular complexity index is 1230. The van der Waals surface area contributed by atoms with Gasteiger partial charge in [-0.15, -0.1) is 0 Å². The maximum absolute atomic E-state index is 6.02. The van der Waals surface area contributed by atoms with Gasteiger partial charge in [-0.3, -0.25) is 4.57 Å². The van der Waals surface area contributed by atoms with Crippen molar-refractivity contribution in [2.75, 3.05) is 0 Å². The fraction of sp³-hybridized carbons (Fsp3) is 0. The summed E-state index contributed by atoms with van der Waals surface area (Å²) < 4.78 is 9.06. The van der Waals surface area contributed by atoms with E-state index < -0.39 is 0 Å². The third kappa shape index (κ3) is 2.86. The Morgan fingerprint density at radius 3 is 2.52 bits per heavy atom. The Kier molecular flexibility index (Phi) is 3.87. The van der Waals surface area contributed by atoms with Crippen LogP contribution < -0.4 is 4.74 Å². The van der Waals surface area contributed by atoms with E-state index in [2.05, 4.69) is 48.7 Å².